The van der Waals surface area contributed by atoms with Gasteiger partial charge in [-0.15, -0.1) is 0 Å². The van der Waals surface area contributed by atoms with E-state index < -0.39 is 10.0 Å². The molecule has 0 spiro atoms. The first-order chi connectivity index (χ1) is 18.4. The second-order valence-corrected chi connectivity index (χ2v) is 11.1. The molecule has 0 fully saturated rings. The van der Waals surface area contributed by atoms with Gasteiger partial charge in [0.15, 0.2) is 0 Å². The average Bonchev–Trinajstić information content (AvgIpc) is 3.40. The molecule has 7 nitrogen and oxygen atoms in total. The van der Waals surface area contributed by atoms with Crippen LogP contribution in [0.1, 0.15) is 30.0 Å². The maximum atomic E-state index is 11.7. The third-order valence-electron chi connectivity index (χ3n) is 6.24. The first-order valence-corrected chi connectivity index (χ1v) is 14.1. The SMILES string of the molecule is CC/C(=C(/c1ccc(OCCNC/C=C/S(=O)(=O)N(C)C)cc1)c1ccc2[nH]ncc2c1)c1ccccc1. The third-order valence-corrected chi connectivity index (χ3v) is 7.79. The highest BCUT2D eigenvalue weighted by molar-refractivity contribution is 7.92. The maximum Gasteiger partial charge on any atom is 0.235 e. The van der Waals surface area contributed by atoms with Crippen molar-refractivity contribution in [3.63, 3.8) is 0 Å². The Morgan fingerprint density at radius 3 is 2.45 bits per heavy atom. The van der Waals surface area contributed by atoms with E-state index in [0.29, 0.717) is 19.7 Å². The van der Waals surface area contributed by atoms with Crippen molar-refractivity contribution in [3.05, 3.63) is 107 Å². The molecule has 0 atom stereocenters. The van der Waals surface area contributed by atoms with Crippen LogP contribution in [0.4, 0.5) is 0 Å². The van der Waals surface area contributed by atoms with Crippen molar-refractivity contribution in [2.24, 2.45) is 0 Å². The predicted molar refractivity (Wildman–Crippen MR) is 155 cm³/mol. The summed E-state index contributed by atoms with van der Waals surface area (Å²) in [6.07, 6.45) is 4.33. The highest BCUT2D eigenvalue weighted by Crippen LogP contribution is 2.36. The molecule has 0 radical (unpaired) electrons. The van der Waals surface area contributed by atoms with Gasteiger partial charge in [-0.1, -0.05) is 61.5 Å². The Kier molecular flexibility index (Phi) is 9.12. The van der Waals surface area contributed by atoms with Gasteiger partial charge in [-0.3, -0.25) is 5.10 Å². The predicted octanol–water partition coefficient (Wildman–Crippen LogP) is 5.31. The van der Waals surface area contributed by atoms with Gasteiger partial charge in [-0.2, -0.15) is 5.10 Å². The third kappa shape index (κ3) is 6.77. The van der Waals surface area contributed by atoms with Crippen LogP contribution in [0.5, 0.6) is 5.75 Å². The number of aromatic nitrogens is 2. The maximum absolute atomic E-state index is 11.7. The van der Waals surface area contributed by atoms with Crippen molar-refractivity contribution >= 4 is 32.1 Å². The number of nitrogens with zero attached hydrogens (tertiary/aromatic N) is 2. The normalized spacial score (nSPS) is 12.8. The largest absolute Gasteiger partial charge is 0.492 e. The van der Waals surface area contributed by atoms with Crippen molar-refractivity contribution in [3.8, 4) is 5.75 Å². The number of H-pyrrole nitrogens is 1. The second-order valence-electron chi connectivity index (χ2n) is 9.02. The Morgan fingerprint density at radius 2 is 1.74 bits per heavy atom. The van der Waals surface area contributed by atoms with E-state index in [2.05, 4.69) is 77.0 Å². The number of benzene rings is 3. The van der Waals surface area contributed by atoms with E-state index in [1.54, 1.807) is 6.08 Å². The Labute approximate surface area is 224 Å². The minimum absolute atomic E-state index is 0.448. The molecule has 2 N–H and O–H groups in total. The molecule has 1 aromatic heterocycles. The molecule has 8 heteroatoms. The smallest absolute Gasteiger partial charge is 0.235 e. The van der Waals surface area contributed by atoms with Crippen molar-refractivity contribution in [1.82, 2.24) is 19.8 Å². The standard InChI is InChI=1S/C30H34N4O3S/c1-4-28(23-9-6-5-7-10-23)30(25-13-16-29-26(21-25)22-32-33-29)24-11-14-27(15-12-24)37-19-18-31-17-8-20-38(35,36)34(2)3/h5-16,20-22,31H,4,17-19H2,1-3H3,(H,32,33)/b20-8+,30-28+. The number of aromatic amines is 1. The van der Waals surface area contributed by atoms with Crippen LogP contribution >= 0.6 is 0 Å². The number of hydrogen-bond donors (Lipinski definition) is 2. The van der Waals surface area contributed by atoms with Crippen LogP contribution in [0.2, 0.25) is 0 Å². The number of sulfonamides is 1. The molecule has 0 saturated carbocycles. The van der Waals surface area contributed by atoms with Gasteiger partial charge in [0.2, 0.25) is 10.0 Å². The van der Waals surface area contributed by atoms with Crippen molar-refractivity contribution in [2.45, 2.75) is 13.3 Å². The molecule has 0 saturated heterocycles. The molecule has 1 heterocycles. The molecule has 198 valence electrons. The second kappa shape index (κ2) is 12.7. The molecule has 3 aromatic carbocycles. The van der Waals surface area contributed by atoms with Crippen LogP contribution < -0.4 is 10.1 Å². The summed E-state index contributed by atoms with van der Waals surface area (Å²) in [5.41, 5.74) is 6.94. The summed E-state index contributed by atoms with van der Waals surface area (Å²) in [4.78, 5) is 0. The summed E-state index contributed by atoms with van der Waals surface area (Å²) in [7, 11) is -0.311. The van der Waals surface area contributed by atoms with Gasteiger partial charge in [0.1, 0.15) is 12.4 Å². The summed E-state index contributed by atoms with van der Waals surface area (Å²) < 4.78 is 30.6. The monoisotopic (exact) mass is 530 g/mol. The van der Waals surface area contributed by atoms with Crippen molar-refractivity contribution in [2.75, 3.05) is 33.8 Å². The first-order valence-electron chi connectivity index (χ1n) is 12.6. The number of fused-ring (bicyclic) bond motifs is 1. The average molecular weight is 531 g/mol. The summed E-state index contributed by atoms with van der Waals surface area (Å²) in [6, 6.07) is 25.1. The van der Waals surface area contributed by atoms with Gasteiger partial charge in [0.25, 0.3) is 0 Å². The van der Waals surface area contributed by atoms with Crippen molar-refractivity contribution in [1.29, 1.82) is 0 Å². The van der Waals surface area contributed by atoms with Gasteiger partial charge in [0, 0.05) is 38.0 Å². The Hall–Kier alpha value is -3.72. The molecule has 4 aromatic rings. The van der Waals surface area contributed by atoms with Crippen LogP contribution in [0.15, 0.2) is 90.5 Å². The minimum Gasteiger partial charge on any atom is -0.492 e. The Morgan fingerprint density at radius 1 is 1.00 bits per heavy atom. The van der Waals surface area contributed by atoms with Gasteiger partial charge in [-0.25, -0.2) is 12.7 Å². The molecule has 0 unspecified atom stereocenters. The van der Waals surface area contributed by atoms with Crippen LogP contribution in [0.3, 0.4) is 0 Å². The molecule has 0 aliphatic heterocycles. The van der Waals surface area contributed by atoms with E-state index in [4.69, 9.17) is 4.74 Å². The van der Waals surface area contributed by atoms with Crippen molar-refractivity contribution < 1.29 is 13.2 Å². The van der Waals surface area contributed by atoms with E-state index in [9.17, 15) is 8.42 Å². The Balaban J connectivity index is 1.49. The van der Waals surface area contributed by atoms with E-state index in [1.807, 2.05) is 24.4 Å². The van der Waals surface area contributed by atoms with E-state index in [0.717, 1.165) is 34.2 Å². The molecule has 38 heavy (non-hydrogen) atoms. The number of hydrogen-bond acceptors (Lipinski definition) is 5. The lowest BCUT2D eigenvalue weighted by Crippen LogP contribution is -2.22. The molecule has 4 rings (SSSR count). The van der Waals surface area contributed by atoms with Gasteiger partial charge < -0.3 is 10.1 Å². The molecular formula is C30H34N4O3S. The minimum atomic E-state index is -3.33. The molecular weight excluding hydrogens is 496 g/mol. The lowest BCUT2D eigenvalue weighted by molar-refractivity contribution is 0.316. The van der Waals surface area contributed by atoms with E-state index in [1.165, 1.54) is 40.5 Å². The molecule has 0 aliphatic rings. The van der Waals surface area contributed by atoms with Crippen LogP contribution in [0, 0.1) is 0 Å². The number of rotatable bonds is 12. The molecule has 0 amide bonds. The summed E-state index contributed by atoms with van der Waals surface area (Å²) >= 11 is 0. The number of allylic oxidation sites excluding steroid dienone is 1. The van der Waals surface area contributed by atoms with E-state index in [-0.39, 0.29) is 0 Å². The zero-order chi connectivity index (χ0) is 27.0. The zero-order valence-corrected chi connectivity index (χ0v) is 22.8. The first kappa shape index (κ1) is 27.3. The van der Waals surface area contributed by atoms with Crippen LogP contribution in [0.25, 0.3) is 22.0 Å². The summed E-state index contributed by atoms with van der Waals surface area (Å²) in [5.74, 6) is 0.781. The van der Waals surface area contributed by atoms with Crippen LogP contribution in [-0.4, -0.2) is 56.7 Å². The topological polar surface area (TPSA) is 87.3 Å². The summed E-state index contributed by atoms with van der Waals surface area (Å²) in [6.45, 7) is 3.70. The van der Waals surface area contributed by atoms with E-state index >= 15 is 0 Å². The fourth-order valence-electron chi connectivity index (χ4n) is 4.21. The zero-order valence-electron chi connectivity index (χ0n) is 22.0. The molecule has 0 aliphatic carbocycles. The van der Waals surface area contributed by atoms with Gasteiger partial charge in [-0.05, 0) is 58.5 Å². The lowest BCUT2D eigenvalue weighted by Gasteiger charge is -2.17. The Bertz CT molecular complexity index is 1510. The fraction of sp³-hybridized carbons (Fsp3) is 0.233. The highest BCUT2D eigenvalue weighted by Gasteiger charge is 2.14. The quantitative estimate of drug-likeness (QED) is 0.192. The lowest BCUT2D eigenvalue weighted by atomic mass is 9.88. The number of ether oxygens (including phenoxy) is 1. The summed E-state index contributed by atoms with van der Waals surface area (Å²) in [5, 5.41) is 12.7. The molecule has 0 bridgehead atoms. The van der Waals surface area contributed by atoms with Gasteiger partial charge >= 0.3 is 0 Å². The fourth-order valence-corrected chi connectivity index (χ4v) is 4.80. The number of nitrogens with one attached hydrogen (secondary N) is 2. The highest BCUT2D eigenvalue weighted by atomic mass is 32.2. The van der Waals surface area contributed by atoms with Gasteiger partial charge in [0.05, 0.1) is 11.7 Å². The van der Waals surface area contributed by atoms with Crippen LogP contribution in [-0.2, 0) is 10.0 Å².